The maximum atomic E-state index is 12.8. The topological polar surface area (TPSA) is 81.1 Å². The molecule has 3 rings (SSSR count). The third kappa shape index (κ3) is 5.05. The molecule has 2 aromatic carbocycles. The summed E-state index contributed by atoms with van der Waals surface area (Å²) >= 11 is 7.22. The third-order valence-electron chi connectivity index (χ3n) is 4.21. The molecule has 1 heterocycles. The monoisotopic (exact) mass is 429 g/mol. The first-order chi connectivity index (χ1) is 13.9. The lowest BCUT2D eigenvalue weighted by atomic mass is 10.1. The minimum absolute atomic E-state index is 0.0712. The van der Waals surface area contributed by atoms with E-state index < -0.39 is 0 Å². The van der Waals surface area contributed by atoms with Crippen LogP contribution in [0.1, 0.15) is 30.6 Å². The number of benzene rings is 2. The van der Waals surface area contributed by atoms with Crippen molar-refractivity contribution >= 4 is 51.6 Å². The van der Waals surface area contributed by atoms with E-state index in [0.717, 1.165) is 6.42 Å². The lowest BCUT2D eigenvalue weighted by Crippen LogP contribution is -2.24. The summed E-state index contributed by atoms with van der Waals surface area (Å²) in [6, 6.07) is 11.7. The second-order valence-electron chi connectivity index (χ2n) is 6.49. The van der Waals surface area contributed by atoms with Gasteiger partial charge in [0.25, 0.3) is 5.56 Å². The molecule has 6 nitrogen and oxygen atoms in total. The second kappa shape index (κ2) is 9.24. The first-order valence-corrected chi connectivity index (χ1v) is 10.5. The lowest BCUT2D eigenvalue weighted by molar-refractivity contribution is -0.113. The van der Waals surface area contributed by atoms with Crippen molar-refractivity contribution in [2.75, 3.05) is 11.1 Å². The molecule has 150 valence electrons. The molecule has 0 radical (unpaired) electrons. The van der Waals surface area contributed by atoms with Gasteiger partial charge in [-0.15, -0.1) is 0 Å². The van der Waals surface area contributed by atoms with Gasteiger partial charge in [0, 0.05) is 22.8 Å². The van der Waals surface area contributed by atoms with Crippen LogP contribution in [0.5, 0.6) is 0 Å². The predicted molar refractivity (Wildman–Crippen MR) is 117 cm³/mol. The van der Waals surface area contributed by atoms with Gasteiger partial charge in [0.2, 0.25) is 5.91 Å². The van der Waals surface area contributed by atoms with Gasteiger partial charge in [-0.3, -0.25) is 19.0 Å². The first kappa shape index (κ1) is 21.1. The van der Waals surface area contributed by atoms with Crippen molar-refractivity contribution in [1.29, 1.82) is 0 Å². The predicted octanol–water partition coefficient (Wildman–Crippen LogP) is 4.39. The van der Waals surface area contributed by atoms with Crippen LogP contribution in [0.4, 0.5) is 5.69 Å². The largest absolute Gasteiger partial charge is 0.325 e. The van der Waals surface area contributed by atoms with Crippen LogP contribution in [0, 0.1) is 0 Å². The van der Waals surface area contributed by atoms with Crippen LogP contribution >= 0.6 is 23.4 Å². The summed E-state index contributed by atoms with van der Waals surface area (Å²) < 4.78 is 1.59. The Hall–Kier alpha value is -2.64. The maximum absolute atomic E-state index is 12.8. The number of carbonyl (C=O) groups excluding carboxylic acids is 2. The van der Waals surface area contributed by atoms with E-state index in [9.17, 15) is 14.4 Å². The smallest absolute Gasteiger partial charge is 0.262 e. The number of fused-ring (bicyclic) bond motifs is 1. The van der Waals surface area contributed by atoms with Gasteiger partial charge < -0.3 is 5.32 Å². The normalized spacial score (nSPS) is 10.9. The van der Waals surface area contributed by atoms with Crippen molar-refractivity contribution in [3.05, 3.63) is 63.4 Å². The van der Waals surface area contributed by atoms with Crippen LogP contribution in [-0.4, -0.2) is 27.0 Å². The standard InChI is InChI=1S/C21H20ClN3O3S/c1-3-9-25-20(28)17-8-7-15(22)11-18(17)24-21(25)29-12-19(27)23-16-6-4-5-14(10-16)13(2)26/h4-8,10-11H,3,9,12H2,1-2H3,(H,23,27). The number of nitrogens with zero attached hydrogens (tertiary/aromatic N) is 2. The van der Waals surface area contributed by atoms with Crippen molar-refractivity contribution in [1.82, 2.24) is 9.55 Å². The number of halogens is 1. The zero-order valence-corrected chi connectivity index (χ0v) is 17.6. The molecule has 8 heteroatoms. The average molecular weight is 430 g/mol. The number of hydrogen-bond acceptors (Lipinski definition) is 5. The maximum Gasteiger partial charge on any atom is 0.262 e. The molecule has 1 aromatic heterocycles. The van der Waals surface area contributed by atoms with Crippen molar-refractivity contribution in [2.45, 2.75) is 32.0 Å². The van der Waals surface area contributed by atoms with E-state index in [2.05, 4.69) is 10.3 Å². The number of Topliss-reactive ketones (excluding diaryl/α,β-unsaturated/α-hetero) is 1. The van der Waals surface area contributed by atoms with E-state index in [1.807, 2.05) is 6.92 Å². The molecule has 0 atom stereocenters. The highest BCUT2D eigenvalue weighted by Crippen LogP contribution is 2.21. The Labute approximate surface area is 177 Å². The number of nitrogens with one attached hydrogen (secondary N) is 1. The minimum atomic E-state index is -0.251. The molecule has 0 unspecified atom stereocenters. The van der Waals surface area contributed by atoms with E-state index in [-0.39, 0.29) is 23.0 Å². The Kier molecular flexibility index (Phi) is 6.71. The van der Waals surface area contributed by atoms with Gasteiger partial charge in [-0.25, -0.2) is 4.98 Å². The van der Waals surface area contributed by atoms with E-state index in [1.165, 1.54) is 18.7 Å². The zero-order chi connectivity index (χ0) is 21.0. The fraction of sp³-hybridized carbons (Fsp3) is 0.238. The van der Waals surface area contributed by atoms with Gasteiger partial charge >= 0.3 is 0 Å². The number of thioether (sulfide) groups is 1. The van der Waals surface area contributed by atoms with Crippen LogP contribution in [0.2, 0.25) is 5.02 Å². The van der Waals surface area contributed by atoms with Crippen LogP contribution in [0.25, 0.3) is 10.9 Å². The average Bonchev–Trinajstić information content (AvgIpc) is 2.69. The van der Waals surface area contributed by atoms with E-state index in [0.29, 0.717) is 38.9 Å². The number of hydrogen-bond donors (Lipinski definition) is 1. The number of carbonyl (C=O) groups is 2. The van der Waals surface area contributed by atoms with Crippen LogP contribution in [0.15, 0.2) is 52.4 Å². The van der Waals surface area contributed by atoms with Gasteiger partial charge in [0.05, 0.1) is 16.7 Å². The molecule has 0 saturated carbocycles. The molecule has 1 amide bonds. The summed E-state index contributed by atoms with van der Waals surface area (Å²) in [5.41, 5.74) is 1.44. The van der Waals surface area contributed by atoms with Crippen molar-refractivity contribution in [3.63, 3.8) is 0 Å². The van der Waals surface area contributed by atoms with Crippen molar-refractivity contribution in [3.8, 4) is 0 Å². The first-order valence-electron chi connectivity index (χ1n) is 9.12. The molecule has 0 aliphatic carbocycles. The lowest BCUT2D eigenvalue weighted by Gasteiger charge is -2.12. The highest BCUT2D eigenvalue weighted by molar-refractivity contribution is 7.99. The van der Waals surface area contributed by atoms with Gasteiger partial charge in [-0.05, 0) is 43.7 Å². The number of amides is 1. The highest BCUT2D eigenvalue weighted by atomic mass is 35.5. The number of aromatic nitrogens is 2. The molecule has 0 fully saturated rings. The Morgan fingerprint density at radius 2 is 2.00 bits per heavy atom. The Morgan fingerprint density at radius 3 is 2.72 bits per heavy atom. The molecule has 3 aromatic rings. The summed E-state index contributed by atoms with van der Waals surface area (Å²) in [7, 11) is 0. The Balaban J connectivity index is 1.81. The molecule has 0 aliphatic heterocycles. The van der Waals surface area contributed by atoms with Gasteiger partial charge in [-0.2, -0.15) is 0 Å². The second-order valence-corrected chi connectivity index (χ2v) is 7.87. The molecule has 0 saturated heterocycles. The zero-order valence-electron chi connectivity index (χ0n) is 16.1. The number of anilines is 1. The van der Waals surface area contributed by atoms with Crippen LogP contribution in [-0.2, 0) is 11.3 Å². The minimum Gasteiger partial charge on any atom is -0.325 e. The summed E-state index contributed by atoms with van der Waals surface area (Å²) in [6.07, 6.45) is 0.762. The van der Waals surface area contributed by atoms with Crippen molar-refractivity contribution in [2.24, 2.45) is 0 Å². The molecule has 1 N–H and O–H groups in total. The van der Waals surface area contributed by atoms with E-state index in [1.54, 1.807) is 47.0 Å². The Morgan fingerprint density at radius 1 is 1.21 bits per heavy atom. The summed E-state index contributed by atoms with van der Waals surface area (Å²) in [4.78, 5) is 41.2. The molecule has 0 spiro atoms. The molecular formula is C21H20ClN3O3S. The van der Waals surface area contributed by atoms with Crippen LogP contribution < -0.4 is 10.9 Å². The van der Waals surface area contributed by atoms with Crippen molar-refractivity contribution < 1.29 is 9.59 Å². The highest BCUT2D eigenvalue weighted by Gasteiger charge is 2.14. The number of ketones is 1. The molecular weight excluding hydrogens is 410 g/mol. The SMILES string of the molecule is CCCn1c(SCC(=O)Nc2cccc(C(C)=O)c2)nc2cc(Cl)ccc2c1=O. The molecule has 0 bridgehead atoms. The van der Waals surface area contributed by atoms with Crippen LogP contribution in [0.3, 0.4) is 0 Å². The molecule has 0 aliphatic rings. The summed E-state index contributed by atoms with van der Waals surface area (Å²) in [5, 5.41) is 4.24. The summed E-state index contributed by atoms with van der Waals surface area (Å²) in [5.74, 6) is -0.246. The third-order valence-corrected chi connectivity index (χ3v) is 5.43. The molecule has 29 heavy (non-hydrogen) atoms. The van der Waals surface area contributed by atoms with Gasteiger partial charge in [-0.1, -0.05) is 42.4 Å². The summed E-state index contributed by atoms with van der Waals surface area (Å²) in [6.45, 7) is 3.96. The van der Waals surface area contributed by atoms with Gasteiger partial charge in [0.1, 0.15) is 0 Å². The van der Waals surface area contributed by atoms with E-state index >= 15 is 0 Å². The van der Waals surface area contributed by atoms with E-state index in [4.69, 9.17) is 11.6 Å². The number of rotatable bonds is 7. The van der Waals surface area contributed by atoms with Gasteiger partial charge in [0.15, 0.2) is 10.9 Å². The fourth-order valence-corrected chi connectivity index (χ4v) is 3.84. The Bertz CT molecular complexity index is 1140. The quantitative estimate of drug-likeness (QED) is 0.342. The fourth-order valence-electron chi connectivity index (χ4n) is 2.85.